The van der Waals surface area contributed by atoms with E-state index in [1.165, 1.54) is 6.26 Å². The molecule has 0 N–H and O–H groups in total. The zero-order chi connectivity index (χ0) is 22.3. The number of amides is 1. The summed E-state index contributed by atoms with van der Waals surface area (Å²) >= 11 is 0. The number of pyridine rings is 1. The first-order valence-corrected chi connectivity index (χ1v) is 12.7. The third-order valence-corrected chi connectivity index (χ3v) is 6.96. The summed E-state index contributed by atoms with van der Waals surface area (Å²) in [5, 5.41) is 0.835. The highest BCUT2D eigenvalue weighted by molar-refractivity contribution is 7.90. The molecule has 0 radical (unpaired) electrons. The van der Waals surface area contributed by atoms with Crippen molar-refractivity contribution in [1.29, 1.82) is 0 Å². The average Bonchev–Trinajstić information content (AvgIpc) is 3.49. The highest BCUT2D eigenvalue weighted by Gasteiger charge is 2.31. The summed E-state index contributed by atoms with van der Waals surface area (Å²) in [5.41, 5.74) is 0.879. The third kappa shape index (κ3) is 4.43. The number of nitrogens with zero attached hydrogens (tertiary/aromatic N) is 3. The molecule has 0 atom stereocenters. The number of benzene rings is 1. The minimum absolute atomic E-state index is 0.0365. The van der Waals surface area contributed by atoms with Gasteiger partial charge in [0.25, 0.3) is 0 Å². The molecule has 2 fully saturated rings. The Kier molecular flexibility index (Phi) is 5.28. The summed E-state index contributed by atoms with van der Waals surface area (Å²) in [6.07, 6.45) is 8.20. The standard InChI is InChI=1S/C23H25N3O5S/c1-32(28,29)20-5-6-21-16(14-20)8-13-26(21)22-7-4-19(15-24-22)30-18-9-11-25(12-10-18)23(27)31-17-2-3-17/h4-8,13-15,17-18H,2-3,9-12H2,1H3. The largest absolute Gasteiger partial charge is 0.489 e. The van der Waals surface area contributed by atoms with Gasteiger partial charge in [0.15, 0.2) is 9.84 Å². The van der Waals surface area contributed by atoms with E-state index < -0.39 is 9.84 Å². The van der Waals surface area contributed by atoms with Gasteiger partial charge < -0.3 is 18.9 Å². The summed E-state index contributed by atoms with van der Waals surface area (Å²) < 4.78 is 36.9. The summed E-state index contributed by atoms with van der Waals surface area (Å²) in [4.78, 5) is 18.6. The van der Waals surface area contributed by atoms with Crippen LogP contribution in [0.2, 0.25) is 0 Å². The molecule has 9 heteroatoms. The topological polar surface area (TPSA) is 90.7 Å². The predicted molar refractivity (Wildman–Crippen MR) is 119 cm³/mol. The lowest BCUT2D eigenvalue weighted by atomic mass is 10.1. The average molecular weight is 456 g/mol. The monoisotopic (exact) mass is 455 g/mol. The Hall–Kier alpha value is -3.07. The summed E-state index contributed by atoms with van der Waals surface area (Å²) in [5.74, 6) is 1.40. The van der Waals surface area contributed by atoms with E-state index in [-0.39, 0.29) is 18.3 Å². The molecule has 32 heavy (non-hydrogen) atoms. The first-order chi connectivity index (χ1) is 15.4. The molecule has 1 amide bonds. The Bertz CT molecular complexity index is 1240. The van der Waals surface area contributed by atoms with Crippen LogP contribution in [0.3, 0.4) is 0 Å². The molecule has 3 heterocycles. The zero-order valence-corrected chi connectivity index (χ0v) is 18.6. The maximum absolute atomic E-state index is 12.0. The maximum Gasteiger partial charge on any atom is 0.410 e. The number of hydrogen-bond acceptors (Lipinski definition) is 6. The molecule has 1 aromatic carbocycles. The lowest BCUT2D eigenvalue weighted by Crippen LogP contribution is -2.42. The van der Waals surface area contributed by atoms with Gasteiger partial charge in [-0.15, -0.1) is 0 Å². The Morgan fingerprint density at radius 1 is 1.03 bits per heavy atom. The van der Waals surface area contributed by atoms with E-state index >= 15 is 0 Å². The van der Waals surface area contributed by atoms with Crippen molar-refractivity contribution in [3.63, 3.8) is 0 Å². The van der Waals surface area contributed by atoms with Crippen LogP contribution in [0.15, 0.2) is 53.7 Å². The van der Waals surface area contributed by atoms with E-state index in [4.69, 9.17) is 9.47 Å². The van der Waals surface area contributed by atoms with Crippen molar-refractivity contribution in [2.75, 3.05) is 19.3 Å². The fourth-order valence-electron chi connectivity index (χ4n) is 3.89. The number of carbonyl (C=O) groups is 1. The number of fused-ring (bicyclic) bond motifs is 1. The first-order valence-electron chi connectivity index (χ1n) is 10.8. The quantitative estimate of drug-likeness (QED) is 0.584. The molecule has 0 unspecified atom stereocenters. The molecule has 1 aliphatic heterocycles. The van der Waals surface area contributed by atoms with Gasteiger partial charge in [-0.3, -0.25) is 0 Å². The molecule has 1 saturated carbocycles. The molecule has 1 aliphatic carbocycles. The Labute approximate surface area is 186 Å². The molecular weight excluding hydrogens is 430 g/mol. The maximum atomic E-state index is 12.0. The van der Waals surface area contributed by atoms with Gasteiger partial charge in [0, 0.05) is 43.8 Å². The lowest BCUT2D eigenvalue weighted by molar-refractivity contribution is 0.0636. The fourth-order valence-corrected chi connectivity index (χ4v) is 4.54. The molecule has 1 saturated heterocycles. The molecule has 2 aliphatic rings. The molecule has 0 bridgehead atoms. The van der Waals surface area contributed by atoms with Crippen LogP contribution in [-0.2, 0) is 14.6 Å². The predicted octanol–water partition coefficient (Wildman–Crippen LogP) is 3.57. The SMILES string of the molecule is CS(=O)(=O)c1ccc2c(ccn2-c2ccc(OC3CCN(C(=O)OC4CC4)CC3)cn2)c1. The number of hydrogen-bond donors (Lipinski definition) is 0. The lowest BCUT2D eigenvalue weighted by Gasteiger charge is -2.31. The van der Waals surface area contributed by atoms with Crippen LogP contribution in [0.1, 0.15) is 25.7 Å². The van der Waals surface area contributed by atoms with Gasteiger partial charge in [0.2, 0.25) is 0 Å². The van der Waals surface area contributed by atoms with E-state index in [9.17, 15) is 13.2 Å². The van der Waals surface area contributed by atoms with Crippen molar-refractivity contribution >= 4 is 26.8 Å². The van der Waals surface area contributed by atoms with Gasteiger partial charge in [0.05, 0.1) is 16.6 Å². The Balaban J connectivity index is 1.22. The molecule has 2 aromatic heterocycles. The van der Waals surface area contributed by atoms with Crippen LogP contribution >= 0.6 is 0 Å². The number of rotatable bonds is 5. The van der Waals surface area contributed by atoms with E-state index in [0.717, 1.165) is 42.4 Å². The fraction of sp³-hybridized carbons (Fsp3) is 0.391. The summed E-state index contributed by atoms with van der Waals surface area (Å²) in [6.45, 7) is 1.26. The third-order valence-electron chi connectivity index (χ3n) is 5.85. The number of sulfone groups is 1. The van der Waals surface area contributed by atoms with Crippen LogP contribution < -0.4 is 4.74 Å². The zero-order valence-electron chi connectivity index (χ0n) is 17.8. The van der Waals surface area contributed by atoms with Crippen LogP contribution in [0, 0.1) is 0 Å². The normalized spacial score (nSPS) is 17.5. The second-order valence-electron chi connectivity index (χ2n) is 8.42. The molecule has 168 valence electrons. The highest BCUT2D eigenvalue weighted by atomic mass is 32.2. The smallest absolute Gasteiger partial charge is 0.410 e. The van der Waals surface area contributed by atoms with E-state index in [1.54, 1.807) is 29.3 Å². The van der Waals surface area contributed by atoms with Crippen molar-refractivity contribution < 1.29 is 22.7 Å². The second kappa shape index (κ2) is 8.12. The number of carbonyl (C=O) groups excluding carboxylic acids is 1. The molecule has 8 nitrogen and oxygen atoms in total. The molecule has 5 rings (SSSR count). The number of likely N-dealkylation sites (tertiary alicyclic amines) is 1. The molecule has 3 aromatic rings. The Morgan fingerprint density at radius 3 is 2.47 bits per heavy atom. The Morgan fingerprint density at radius 2 is 1.81 bits per heavy atom. The minimum Gasteiger partial charge on any atom is -0.489 e. The van der Waals surface area contributed by atoms with Crippen LogP contribution in [-0.4, -0.2) is 60.5 Å². The van der Waals surface area contributed by atoms with Crippen LogP contribution in [0.25, 0.3) is 16.7 Å². The first kappa shape index (κ1) is 20.8. The van der Waals surface area contributed by atoms with Crippen LogP contribution in [0.4, 0.5) is 4.79 Å². The van der Waals surface area contributed by atoms with Crippen molar-refractivity contribution in [1.82, 2.24) is 14.5 Å². The van der Waals surface area contributed by atoms with E-state index in [1.807, 2.05) is 29.0 Å². The van der Waals surface area contributed by atoms with Crippen LogP contribution in [0.5, 0.6) is 5.75 Å². The summed E-state index contributed by atoms with van der Waals surface area (Å²) in [6, 6.07) is 10.7. The molecular formula is C23H25N3O5S. The van der Waals surface area contributed by atoms with Crippen molar-refractivity contribution in [3.8, 4) is 11.6 Å². The van der Waals surface area contributed by atoms with Crippen molar-refractivity contribution in [2.24, 2.45) is 0 Å². The van der Waals surface area contributed by atoms with Gasteiger partial charge in [-0.2, -0.15) is 0 Å². The van der Waals surface area contributed by atoms with Gasteiger partial charge >= 0.3 is 6.09 Å². The number of aromatic nitrogens is 2. The van der Waals surface area contributed by atoms with E-state index in [2.05, 4.69) is 4.98 Å². The minimum atomic E-state index is -3.25. The van der Waals surface area contributed by atoms with E-state index in [0.29, 0.717) is 23.7 Å². The van der Waals surface area contributed by atoms with Crippen molar-refractivity contribution in [2.45, 2.75) is 42.8 Å². The second-order valence-corrected chi connectivity index (χ2v) is 10.4. The van der Waals surface area contributed by atoms with Gasteiger partial charge in [-0.25, -0.2) is 18.2 Å². The summed E-state index contributed by atoms with van der Waals surface area (Å²) in [7, 11) is -3.25. The highest BCUT2D eigenvalue weighted by Crippen LogP contribution is 2.27. The van der Waals surface area contributed by atoms with Crippen molar-refractivity contribution in [3.05, 3.63) is 48.8 Å². The van der Waals surface area contributed by atoms with Gasteiger partial charge in [-0.05, 0) is 49.2 Å². The number of piperidine rings is 1. The van der Waals surface area contributed by atoms with Gasteiger partial charge in [0.1, 0.15) is 23.8 Å². The van der Waals surface area contributed by atoms with Gasteiger partial charge in [-0.1, -0.05) is 0 Å². The number of ether oxygens (including phenoxy) is 2. The molecule has 0 spiro atoms.